The van der Waals surface area contributed by atoms with Crippen LogP contribution in [0.15, 0.2) is 59.5 Å². The van der Waals surface area contributed by atoms with Crippen LogP contribution in [-0.2, 0) is 16.6 Å². The Morgan fingerprint density at radius 3 is 2.40 bits per heavy atom. The quantitative estimate of drug-likeness (QED) is 0.794. The van der Waals surface area contributed by atoms with E-state index >= 15 is 0 Å². The average molecular weight is 289 g/mol. The lowest BCUT2D eigenvalue weighted by molar-refractivity contribution is 0.112. The fraction of sp³-hybridized carbons (Fsp3) is 0.133. The number of benzene rings is 2. The van der Waals surface area contributed by atoms with Gasteiger partial charge in [0.1, 0.15) is 6.29 Å². The number of hydrogen-bond donors (Lipinski definition) is 0. The zero-order valence-corrected chi connectivity index (χ0v) is 11.9. The van der Waals surface area contributed by atoms with Gasteiger partial charge in [0.05, 0.1) is 4.90 Å². The first-order valence-electron chi connectivity index (χ1n) is 6.09. The van der Waals surface area contributed by atoms with Gasteiger partial charge in [-0.25, -0.2) is 8.42 Å². The summed E-state index contributed by atoms with van der Waals surface area (Å²) in [5.74, 6) is 0. The van der Waals surface area contributed by atoms with Gasteiger partial charge in [-0.15, -0.1) is 0 Å². The summed E-state index contributed by atoms with van der Waals surface area (Å²) in [5, 5.41) is 0. The standard InChI is InChI=1S/C15H15NO3S/c1-16(11-13-6-3-2-4-7-13)20(18,19)15-9-5-8-14(10-15)12-17/h2-10,12H,11H2,1H3. The van der Waals surface area contributed by atoms with Crippen molar-refractivity contribution in [3.8, 4) is 0 Å². The van der Waals surface area contributed by atoms with Gasteiger partial charge in [0, 0.05) is 19.2 Å². The first-order valence-corrected chi connectivity index (χ1v) is 7.53. The molecule has 5 heteroatoms. The van der Waals surface area contributed by atoms with Gasteiger partial charge in [0.15, 0.2) is 0 Å². The van der Waals surface area contributed by atoms with Crippen LogP contribution >= 0.6 is 0 Å². The largest absolute Gasteiger partial charge is 0.298 e. The van der Waals surface area contributed by atoms with E-state index in [1.807, 2.05) is 30.3 Å². The van der Waals surface area contributed by atoms with Crippen molar-refractivity contribution in [3.05, 3.63) is 65.7 Å². The minimum absolute atomic E-state index is 0.125. The van der Waals surface area contributed by atoms with E-state index in [0.29, 0.717) is 11.8 Å². The number of sulfonamides is 1. The van der Waals surface area contributed by atoms with Crippen LogP contribution in [0.3, 0.4) is 0 Å². The van der Waals surface area contributed by atoms with Crippen LogP contribution in [-0.4, -0.2) is 26.1 Å². The molecule has 20 heavy (non-hydrogen) atoms. The van der Waals surface area contributed by atoms with Crippen molar-refractivity contribution in [2.45, 2.75) is 11.4 Å². The second kappa shape index (κ2) is 5.98. The van der Waals surface area contributed by atoms with Gasteiger partial charge in [-0.2, -0.15) is 4.31 Å². The van der Waals surface area contributed by atoms with Gasteiger partial charge in [-0.05, 0) is 17.7 Å². The number of aldehydes is 1. The van der Waals surface area contributed by atoms with E-state index in [1.165, 1.54) is 23.5 Å². The smallest absolute Gasteiger partial charge is 0.243 e. The van der Waals surface area contributed by atoms with E-state index in [1.54, 1.807) is 12.1 Å². The Bertz CT molecular complexity index is 696. The summed E-state index contributed by atoms with van der Waals surface area (Å²) in [5.41, 5.74) is 1.25. The first kappa shape index (κ1) is 14.4. The van der Waals surface area contributed by atoms with E-state index < -0.39 is 10.0 Å². The zero-order valence-electron chi connectivity index (χ0n) is 11.1. The van der Waals surface area contributed by atoms with Crippen molar-refractivity contribution in [2.24, 2.45) is 0 Å². The minimum atomic E-state index is -3.60. The Balaban J connectivity index is 2.27. The molecule has 2 rings (SSSR count). The monoisotopic (exact) mass is 289 g/mol. The molecule has 0 heterocycles. The van der Waals surface area contributed by atoms with Crippen LogP contribution in [0.5, 0.6) is 0 Å². The SMILES string of the molecule is CN(Cc1ccccc1)S(=O)(=O)c1cccc(C=O)c1. The highest BCUT2D eigenvalue weighted by atomic mass is 32.2. The van der Waals surface area contributed by atoms with E-state index in [9.17, 15) is 13.2 Å². The average Bonchev–Trinajstić information content (AvgIpc) is 2.48. The summed E-state index contributed by atoms with van der Waals surface area (Å²) in [6, 6.07) is 15.3. The molecule has 0 aliphatic heterocycles. The summed E-state index contributed by atoms with van der Waals surface area (Å²) >= 11 is 0. The number of rotatable bonds is 5. The fourth-order valence-corrected chi connectivity index (χ4v) is 3.07. The van der Waals surface area contributed by atoms with Crippen molar-refractivity contribution >= 4 is 16.3 Å². The maximum atomic E-state index is 12.4. The fourth-order valence-electron chi connectivity index (χ4n) is 1.85. The Labute approximate surface area is 118 Å². The van der Waals surface area contributed by atoms with Crippen molar-refractivity contribution in [1.82, 2.24) is 4.31 Å². The highest BCUT2D eigenvalue weighted by Crippen LogP contribution is 2.17. The van der Waals surface area contributed by atoms with Gasteiger partial charge in [-0.1, -0.05) is 42.5 Å². The van der Waals surface area contributed by atoms with Crippen LogP contribution in [0.1, 0.15) is 15.9 Å². The molecular weight excluding hydrogens is 274 g/mol. The van der Waals surface area contributed by atoms with Crippen LogP contribution in [0, 0.1) is 0 Å². The third-order valence-corrected chi connectivity index (χ3v) is 4.75. The number of nitrogens with zero attached hydrogens (tertiary/aromatic N) is 1. The molecule has 2 aromatic rings. The Hall–Kier alpha value is -1.98. The third kappa shape index (κ3) is 3.12. The van der Waals surface area contributed by atoms with Crippen LogP contribution in [0.25, 0.3) is 0 Å². The highest BCUT2D eigenvalue weighted by Gasteiger charge is 2.20. The molecule has 2 aromatic carbocycles. The molecule has 0 aliphatic carbocycles. The lowest BCUT2D eigenvalue weighted by atomic mass is 10.2. The molecule has 0 saturated carbocycles. The van der Waals surface area contributed by atoms with Crippen LogP contribution in [0.2, 0.25) is 0 Å². The van der Waals surface area contributed by atoms with Crippen molar-refractivity contribution in [1.29, 1.82) is 0 Å². The second-order valence-corrected chi connectivity index (χ2v) is 6.48. The molecule has 0 bridgehead atoms. The van der Waals surface area contributed by atoms with Gasteiger partial charge < -0.3 is 0 Å². The van der Waals surface area contributed by atoms with E-state index in [2.05, 4.69) is 0 Å². The molecule has 0 fully saturated rings. The third-order valence-electron chi connectivity index (χ3n) is 2.95. The Morgan fingerprint density at radius 2 is 1.75 bits per heavy atom. The molecule has 0 amide bonds. The summed E-state index contributed by atoms with van der Waals surface area (Å²) in [7, 11) is -2.07. The molecule has 0 atom stereocenters. The van der Waals surface area contributed by atoms with Crippen LogP contribution in [0.4, 0.5) is 0 Å². The molecule has 0 spiro atoms. The molecule has 4 nitrogen and oxygen atoms in total. The zero-order chi connectivity index (χ0) is 14.6. The van der Waals surface area contributed by atoms with Gasteiger partial charge in [0.2, 0.25) is 10.0 Å². The van der Waals surface area contributed by atoms with Gasteiger partial charge in [0.25, 0.3) is 0 Å². The molecule has 0 aliphatic rings. The van der Waals surface area contributed by atoms with Crippen LogP contribution < -0.4 is 0 Å². The predicted octanol–water partition coefficient (Wildman–Crippen LogP) is 2.32. The van der Waals surface area contributed by atoms with Gasteiger partial charge in [-0.3, -0.25) is 4.79 Å². The van der Waals surface area contributed by atoms with Crippen molar-refractivity contribution < 1.29 is 13.2 Å². The Morgan fingerprint density at radius 1 is 1.05 bits per heavy atom. The van der Waals surface area contributed by atoms with Crippen molar-refractivity contribution in [3.63, 3.8) is 0 Å². The lowest BCUT2D eigenvalue weighted by Crippen LogP contribution is -2.26. The lowest BCUT2D eigenvalue weighted by Gasteiger charge is -2.17. The molecule has 0 unspecified atom stereocenters. The second-order valence-electron chi connectivity index (χ2n) is 4.44. The van der Waals surface area contributed by atoms with E-state index in [4.69, 9.17) is 0 Å². The molecule has 104 valence electrons. The highest BCUT2D eigenvalue weighted by molar-refractivity contribution is 7.89. The molecule has 0 N–H and O–H groups in total. The molecule has 0 aromatic heterocycles. The topological polar surface area (TPSA) is 54.5 Å². The summed E-state index contributed by atoms with van der Waals surface area (Å²) < 4.78 is 26.1. The number of carbonyl (C=O) groups excluding carboxylic acids is 1. The van der Waals surface area contributed by atoms with E-state index in [0.717, 1.165) is 5.56 Å². The number of hydrogen-bond acceptors (Lipinski definition) is 3. The maximum absolute atomic E-state index is 12.4. The predicted molar refractivity (Wildman–Crippen MR) is 76.9 cm³/mol. The van der Waals surface area contributed by atoms with E-state index in [-0.39, 0.29) is 11.4 Å². The summed E-state index contributed by atoms with van der Waals surface area (Å²) in [6.07, 6.45) is 0.635. The summed E-state index contributed by atoms with van der Waals surface area (Å²) in [4.78, 5) is 10.9. The molecule has 0 radical (unpaired) electrons. The first-order chi connectivity index (χ1) is 9.54. The minimum Gasteiger partial charge on any atom is -0.298 e. The Kier molecular flexibility index (Phi) is 4.32. The number of carbonyl (C=O) groups is 1. The summed E-state index contributed by atoms with van der Waals surface area (Å²) in [6.45, 7) is 0.286. The van der Waals surface area contributed by atoms with Gasteiger partial charge >= 0.3 is 0 Å². The molecular formula is C15H15NO3S. The maximum Gasteiger partial charge on any atom is 0.243 e. The van der Waals surface area contributed by atoms with Crippen molar-refractivity contribution in [2.75, 3.05) is 7.05 Å². The normalized spacial score (nSPS) is 11.5. The molecule has 0 saturated heterocycles.